The van der Waals surface area contributed by atoms with Crippen molar-refractivity contribution < 1.29 is 117 Å². The first-order valence-electron chi connectivity index (χ1n) is 0. The molecule has 0 heterocycles. The van der Waals surface area contributed by atoms with Crippen molar-refractivity contribution in [2.75, 3.05) is 0 Å². The normalized spacial score (nSPS) is 0. The first kappa shape index (κ1) is 1830. The fourth-order valence-electron chi connectivity index (χ4n) is 0. The number of hydrogen-bond acceptors (Lipinski definition) is 0. The Morgan fingerprint density at radius 1 is 0.154 bits per heavy atom. The summed E-state index contributed by atoms with van der Waals surface area (Å²) in [5.74, 6) is 0. The Hall–Kier alpha value is 1.16. The quantitative estimate of drug-likeness (QED) is 0.363. The van der Waals surface area contributed by atoms with Crippen LogP contribution in [0.1, 0.15) is 0 Å². The first-order valence-corrected chi connectivity index (χ1v) is 0. The average molecular weight is 255 g/mol. The van der Waals surface area contributed by atoms with Crippen molar-refractivity contribution in [3.05, 3.63) is 0 Å². The van der Waals surface area contributed by atoms with E-state index in [1.807, 2.05) is 0 Å². The molecule has 0 aliphatic heterocycles. The van der Waals surface area contributed by atoms with E-state index < -0.39 is 0 Å². The molecule has 0 saturated heterocycles. The summed E-state index contributed by atoms with van der Waals surface area (Å²) in [6.07, 6.45) is 0. The van der Waals surface area contributed by atoms with Crippen LogP contribution in [0.25, 0.3) is 0 Å². The largest absolute Gasteiger partial charge is 1.00 e. The Bertz CT molecular complexity index is 5.09. The zero-order chi connectivity index (χ0) is 0. The molecule has 0 rings (SSSR count). The van der Waals surface area contributed by atoms with Crippen LogP contribution in [0.3, 0.4) is 0 Å². The molecule has 0 saturated carbocycles. The molecule has 12 nitrogen and oxygen atoms in total. The minimum Gasteiger partial charge on any atom is -0.412 e. The zero-order valence-corrected chi connectivity index (χ0v) is 10.1. The van der Waals surface area contributed by atoms with Crippen LogP contribution in [-0.2, 0) is 0 Å². The monoisotopic (exact) mass is 255 g/mol. The van der Waals surface area contributed by atoms with Gasteiger partial charge in [0.25, 0.3) is 0 Å². The van der Waals surface area contributed by atoms with E-state index in [4.69, 9.17) is 0 Å². The molecule has 13 heteroatoms. The van der Waals surface area contributed by atoms with Crippen molar-refractivity contribution >= 4 is 0 Å². The standard InChI is InChI=1S/K.12H2O/h;12*1H2/q+1;;;;;;;;;;;;. The van der Waals surface area contributed by atoms with Gasteiger partial charge in [0.2, 0.25) is 0 Å². The van der Waals surface area contributed by atoms with Crippen molar-refractivity contribution in [1.29, 1.82) is 0 Å². The number of hydrogen-bond donors (Lipinski definition) is 0. The van der Waals surface area contributed by atoms with Gasteiger partial charge in [-0.05, 0) is 0 Å². The molecule has 0 radical (unpaired) electrons. The van der Waals surface area contributed by atoms with Gasteiger partial charge in [-0.3, -0.25) is 0 Å². The molecule has 0 bridgehead atoms. The molecule has 24 N–H and O–H groups in total. The maximum Gasteiger partial charge on any atom is 1.00 e. The molecule has 0 aliphatic rings. The summed E-state index contributed by atoms with van der Waals surface area (Å²) in [6.45, 7) is 0. The van der Waals surface area contributed by atoms with Gasteiger partial charge in [-0.1, -0.05) is 0 Å². The summed E-state index contributed by atoms with van der Waals surface area (Å²) in [5.41, 5.74) is 0. The molecule has 96 valence electrons. The van der Waals surface area contributed by atoms with Gasteiger partial charge in [0.15, 0.2) is 0 Å². The minimum absolute atomic E-state index is 0. The van der Waals surface area contributed by atoms with Crippen LogP contribution in [0.5, 0.6) is 0 Å². The summed E-state index contributed by atoms with van der Waals surface area (Å²) in [5, 5.41) is 0. The van der Waals surface area contributed by atoms with Gasteiger partial charge in [-0.2, -0.15) is 0 Å². The molecular formula is H24KO12+. The average Bonchev–Trinajstić information content (AvgIpc) is 0. The van der Waals surface area contributed by atoms with Crippen LogP contribution < -0.4 is 51.4 Å². The Balaban J connectivity index is 0. The van der Waals surface area contributed by atoms with Crippen molar-refractivity contribution in [2.45, 2.75) is 0 Å². The SMILES string of the molecule is O.O.O.O.O.O.O.O.O.O.O.O.[K+]. The van der Waals surface area contributed by atoms with E-state index in [1.54, 1.807) is 0 Å². The molecule has 0 atom stereocenters. The fourth-order valence-corrected chi connectivity index (χ4v) is 0. The summed E-state index contributed by atoms with van der Waals surface area (Å²) in [4.78, 5) is 0. The van der Waals surface area contributed by atoms with E-state index in [0.29, 0.717) is 0 Å². The second-order valence-corrected chi connectivity index (χ2v) is 0. The van der Waals surface area contributed by atoms with Gasteiger partial charge in [-0.25, -0.2) is 0 Å². The third-order valence-corrected chi connectivity index (χ3v) is 0. The van der Waals surface area contributed by atoms with Crippen LogP contribution in [0.2, 0.25) is 0 Å². The van der Waals surface area contributed by atoms with Gasteiger partial charge in [0.1, 0.15) is 0 Å². The van der Waals surface area contributed by atoms with Gasteiger partial charge in [-0.15, -0.1) is 0 Å². The van der Waals surface area contributed by atoms with Crippen LogP contribution in [0.4, 0.5) is 0 Å². The topological polar surface area (TPSA) is 378 Å². The minimum atomic E-state index is 0. The molecular weight excluding hydrogens is 231 g/mol. The van der Waals surface area contributed by atoms with Crippen molar-refractivity contribution in [2.24, 2.45) is 0 Å². The van der Waals surface area contributed by atoms with Crippen molar-refractivity contribution in [1.82, 2.24) is 0 Å². The molecule has 0 amide bonds. The van der Waals surface area contributed by atoms with Gasteiger partial charge in [0.05, 0.1) is 0 Å². The molecule has 0 spiro atoms. The summed E-state index contributed by atoms with van der Waals surface area (Å²) in [6, 6.07) is 0. The number of rotatable bonds is 0. The molecule has 0 unspecified atom stereocenters. The second-order valence-electron chi connectivity index (χ2n) is 0. The van der Waals surface area contributed by atoms with Crippen LogP contribution in [-0.4, -0.2) is 65.7 Å². The Kier molecular flexibility index (Phi) is 205000. The Morgan fingerprint density at radius 2 is 0.154 bits per heavy atom. The predicted octanol–water partition coefficient (Wildman–Crippen LogP) is -12.9. The fraction of sp³-hybridized carbons (Fsp3) is 0. The maximum atomic E-state index is 0. The molecule has 0 aromatic heterocycles. The third kappa shape index (κ3) is 1220. The molecule has 0 aromatic carbocycles. The van der Waals surface area contributed by atoms with E-state index in [9.17, 15) is 0 Å². The van der Waals surface area contributed by atoms with Crippen LogP contribution in [0, 0.1) is 0 Å². The summed E-state index contributed by atoms with van der Waals surface area (Å²) >= 11 is 0. The maximum absolute atomic E-state index is 0. The molecule has 0 fully saturated rings. The van der Waals surface area contributed by atoms with Gasteiger partial charge < -0.3 is 65.7 Å². The molecule has 13 heavy (non-hydrogen) atoms. The van der Waals surface area contributed by atoms with E-state index in [-0.39, 0.29) is 117 Å². The van der Waals surface area contributed by atoms with Gasteiger partial charge >= 0.3 is 51.4 Å². The van der Waals surface area contributed by atoms with Gasteiger partial charge in [0, 0.05) is 0 Å². The summed E-state index contributed by atoms with van der Waals surface area (Å²) in [7, 11) is 0. The first-order chi connectivity index (χ1) is 0. The predicted molar refractivity (Wildman–Crippen MR) is 43.4 cm³/mol. The van der Waals surface area contributed by atoms with Crippen molar-refractivity contribution in [3.63, 3.8) is 0 Å². The second kappa shape index (κ2) is 1450. The molecule has 0 aliphatic carbocycles. The Labute approximate surface area is 116 Å². The zero-order valence-electron chi connectivity index (χ0n) is 7.00. The van der Waals surface area contributed by atoms with Crippen LogP contribution >= 0.6 is 0 Å². The smallest absolute Gasteiger partial charge is 0.412 e. The van der Waals surface area contributed by atoms with E-state index in [2.05, 4.69) is 0 Å². The summed E-state index contributed by atoms with van der Waals surface area (Å²) < 4.78 is 0. The van der Waals surface area contributed by atoms with E-state index in [1.165, 1.54) is 0 Å². The van der Waals surface area contributed by atoms with Crippen LogP contribution in [0.15, 0.2) is 0 Å². The van der Waals surface area contributed by atoms with E-state index >= 15 is 0 Å². The Morgan fingerprint density at radius 3 is 0.154 bits per heavy atom. The molecule has 0 aromatic rings. The third-order valence-electron chi connectivity index (χ3n) is 0. The van der Waals surface area contributed by atoms with E-state index in [0.717, 1.165) is 0 Å². The van der Waals surface area contributed by atoms with Crippen molar-refractivity contribution in [3.8, 4) is 0 Å².